The van der Waals surface area contributed by atoms with Crippen molar-refractivity contribution in [2.24, 2.45) is 0 Å². The van der Waals surface area contributed by atoms with E-state index in [1.165, 1.54) is 13.5 Å². The molecule has 1 atom stereocenters. The summed E-state index contributed by atoms with van der Waals surface area (Å²) in [7, 11) is 1.42. The lowest BCUT2D eigenvalue weighted by Crippen LogP contribution is -2.48. The van der Waals surface area contributed by atoms with Crippen molar-refractivity contribution < 1.29 is 13.9 Å². The van der Waals surface area contributed by atoms with Gasteiger partial charge in [0.2, 0.25) is 5.89 Å². The third-order valence-corrected chi connectivity index (χ3v) is 3.57. The molecule has 0 unspecified atom stereocenters. The van der Waals surface area contributed by atoms with E-state index in [0.717, 1.165) is 18.6 Å². The van der Waals surface area contributed by atoms with Crippen LogP contribution in [0.25, 0.3) is 0 Å². The molecule has 0 radical (unpaired) electrons. The molecule has 1 fully saturated rings. The fraction of sp³-hybridized carbons (Fsp3) is 0.692. The van der Waals surface area contributed by atoms with E-state index in [1.54, 1.807) is 6.20 Å². The van der Waals surface area contributed by atoms with Crippen LogP contribution < -0.4 is 0 Å². The molecule has 18 heavy (non-hydrogen) atoms. The number of hydrogen-bond donors (Lipinski definition) is 0. The molecule has 0 bridgehead atoms. The fourth-order valence-electron chi connectivity index (χ4n) is 2.24. The second-order valence-electron chi connectivity index (χ2n) is 4.82. The van der Waals surface area contributed by atoms with Crippen molar-refractivity contribution in [3.63, 3.8) is 0 Å². The summed E-state index contributed by atoms with van der Waals surface area (Å²) in [6, 6.07) is 0.179. The number of nitrogens with zero attached hydrogens (tertiary/aromatic N) is 2. The summed E-state index contributed by atoms with van der Waals surface area (Å²) >= 11 is 0. The summed E-state index contributed by atoms with van der Waals surface area (Å²) in [4.78, 5) is 18.0. The van der Waals surface area contributed by atoms with Gasteiger partial charge in [0.1, 0.15) is 11.8 Å². The first-order valence-electron chi connectivity index (χ1n) is 6.36. The summed E-state index contributed by atoms with van der Waals surface area (Å²) < 4.78 is 10.3. The first-order valence-corrected chi connectivity index (χ1v) is 6.36. The highest BCUT2D eigenvalue weighted by Crippen LogP contribution is 2.28. The summed E-state index contributed by atoms with van der Waals surface area (Å²) in [5.41, 5.74) is 0. The van der Waals surface area contributed by atoms with E-state index in [4.69, 9.17) is 9.15 Å². The molecule has 0 saturated heterocycles. The Balaban J connectivity index is 2.07. The lowest BCUT2D eigenvalue weighted by molar-refractivity contribution is -0.148. The quantitative estimate of drug-likeness (QED) is 0.749. The van der Waals surface area contributed by atoms with Crippen LogP contribution in [0.15, 0.2) is 10.6 Å². The zero-order valence-corrected chi connectivity index (χ0v) is 11.2. The smallest absolute Gasteiger partial charge is 0.322 e. The number of hydrogen-bond acceptors (Lipinski definition) is 5. The highest BCUT2D eigenvalue weighted by molar-refractivity contribution is 5.75. The largest absolute Gasteiger partial charge is 0.468 e. The molecule has 0 N–H and O–H groups in total. The standard InChI is InChI=1S/C13H20N2O3/c1-9-7-14-12(18-9)8-15(11-5-4-6-11)10(2)13(16)17-3/h7,10-11H,4-6,8H2,1-3H3/t10-/m1/s1. The number of ether oxygens (including phenoxy) is 1. The van der Waals surface area contributed by atoms with Gasteiger partial charge in [-0.05, 0) is 26.7 Å². The van der Waals surface area contributed by atoms with Crippen molar-refractivity contribution in [3.8, 4) is 0 Å². The van der Waals surface area contributed by atoms with Crippen molar-refractivity contribution in [2.75, 3.05) is 7.11 Å². The maximum absolute atomic E-state index is 11.7. The molecule has 100 valence electrons. The van der Waals surface area contributed by atoms with E-state index < -0.39 is 0 Å². The molecule has 1 aliphatic carbocycles. The predicted octanol–water partition coefficient (Wildman–Crippen LogP) is 1.90. The highest BCUT2D eigenvalue weighted by Gasteiger charge is 2.33. The molecule has 0 aliphatic heterocycles. The van der Waals surface area contributed by atoms with E-state index in [0.29, 0.717) is 18.5 Å². The molecular formula is C13H20N2O3. The second kappa shape index (κ2) is 5.52. The van der Waals surface area contributed by atoms with Crippen molar-refractivity contribution in [1.29, 1.82) is 0 Å². The van der Waals surface area contributed by atoms with Gasteiger partial charge in [-0.15, -0.1) is 0 Å². The van der Waals surface area contributed by atoms with E-state index in [1.807, 2.05) is 13.8 Å². The number of methoxy groups -OCH3 is 1. The molecule has 5 nitrogen and oxygen atoms in total. The minimum Gasteiger partial charge on any atom is -0.468 e. The Hall–Kier alpha value is -1.36. The average molecular weight is 252 g/mol. The zero-order valence-electron chi connectivity index (χ0n) is 11.2. The number of aromatic nitrogens is 1. The van der Waals surface area contributed by atoms with Gasteiger partial charge in [0.15, 0.2) is 0 Å². The van der Waals surface area contributed by atoms with Crippen LogP contribution in [0.5, 0.6) is 0 Å². The number of oxazole rings is 1. The first kappa shape index (κ1) is 13.1. The van der Waals surface area contributed by atoms with E-state index in [9.17, 15) is 4.79 Å². The zero-order chi connectivity index (χ0) is 13.1. The van der Waals surface area contributed by atoms with Crippen LogP contribution in [-0.4, -0.2) is 35.0 Å². The number of esters is 1. The molecule has 1 aliphatic rings. The fourth-order valence-corrected chi connectivity index (χ4v) is 2.24. The Morgan fingerprint density at radius 2 is 2.39 bits per heavy atom. The number of rotatable bonds is 5. The molecule has 2 rings (SSSR count). The monoisotopic (exact) mass is 252 g/mol. The van der Waals surface area contributed by atoms with E-state index in [2.05, 4.69) is 9.88 Å². The molecular weight excluding hydrogens is 232 g/mol. The normalized spacial score (nSPS) is 17.6. The van der Waals surface area contributed by atoms with Gasteiger partial charge in [-0.25, -0.2) is 4.98 Å². The lowest BCUT2D eigenvalue weighted by atomic mass is 9.90. The Morgan fingerprint density at radius 3 is 2.83 bits per heavy atom. The van der Waals surface area contributed by atoms with Gasteiger partial charge < -0.3 is 9.15 Å². The number of carbonyl (C=O) groups excluding carboxylic acids is 1. The van der Waals surface area contributed by atoms with Crippen LogP contribution in [0.1, 0.15) is 37.8 Å². The lowest BCUT2D eigenvalue weighted by Gasteiger charge is -2.39. The van der Waals surface area contributed by atoms with Gasteiger partial charge in [0.05, 0.1) is 19.9 Å². The number of aryl methyl sites for hydroxylation is 1. The minimum atomic E-state index is -0.257. The predicted molar refractivity (Wildman–Crippen MR) is 65.9 cm³/mol. The van der Waals surface area contributed by atoms with Gasteiger partial charge in [0, 0.05) is 6.04 Å². The third kappa shape index (κ3) is 2.72. The molecule has 0 aromatic carbocycles. The Kier molecular flexibility index (Phi) is 4.01. The Labute approximate surface area is 107 Å². The Morgan fingerprint density at radius 1 is 1.67 bits per heavy atom. The van der Waals surface area contributed by atoms with Gasteiger partial charge in [-0.1, -0.05) is 6.42 Å². The topological polar surface area (TPSA) is 55.6 Å². The van der Waals surface area contributed by atoms with Gasteiger partial charge in [0.25, 0.3) is 0 Å². The van der Waals surface area contributed by atoms with Crippen molar-refractivity contribution >= 4 is 5.97 Å². The van der Waals surface area contributed by atoms with Crippen LogP contribution in [0.4, 0.5) is 0 Å². The molecule has 1 heterocycles. The summed E-state index contributed by atoms with van der Waals surface area (Å²) in [6.07, 6.45) is 5.18. The third-order valence-electron chi connectivity index (χ3n) is 3.57. The van der Waals surface area contributed by atoms with Crippen molar-refractivity contribution in [2.45, 2.75) is 51.7 Å². The van der Waals surface area contributed by atoms with Crippen molar-refractivity contribution in [1.82, 2.24) is 9.88 Å². The highest BCUT2D eigenvalue weighted by atomic mass is 16.5. The van der Waals surface area contributed by atoms with Crippen molar-refractivity contribution in [3.05, 3.63) is 17.8 Å². The summed E-state index contributed by atoms with van der Waals surface area (Å²) in [6.45, 7) is 4.31. The molecule has 5 heteroatoms. The Bertz CT molecular complexity index is 412. The van der Waals surface area contributed by atoms with Crippen LogP contribution in [0, 0.1) is 6.92 Å². The molecule has 0 spiro atoms. The molecule has 1 saturated carbocycles. The molecule has 0 amide bonds. The molecule has 1 aromatic heterocycles. The van der Waals surface area contributed by atoms with E-state index in [-0.39, 0.29) is 12.0 Å². The maximum Gasteiger partial charge on any atom is 0.322 e. The first-order chi connectivity index (χ1) is 8.61. The minimum absolute atomic E-state index is 0.204. The molecule has 1 aromatic rings. The van der Waals surface area contributed by atoms with Gasteiger partial charge >= 0.3 is 5.97 Å². The van der Waals surface area contributed by atoms with Gasteiger partial charge in [-0.3, -0.25) is 9.69 Å². The van der Waals surface area contributed by atoms with E-state index >= 15 is 0 Å². The van der Waals surface area contributed by atoms with Crippen LogP contribution in [-0.2, 0) is 16.1 Å². The maximum atomic E-state index is 11.7. The van der Waals surface area contributed by atoms with Crippen LogP contribution in [0.3, 0.4) is 0 Å². The van der Waals surface area contributed by atoms with Crippen LogP contribution in [0.2, 0.25) is 0 Å². The summed E-state index contributed by atoms with van der Waals surface area (Å²) in [5, 5.41) is 0. The SMILES string of the molecule is COC(=O)[C@@H](C)N(Cc1ncc(C)o1)C1CCC1. The van der Waals surface area contributed by atoms with Crippen LogP contribution >= 0.6 is 0 Å². The number of carbonyl (C=O) groups is 1. The summed E-state index contributed by atoms with van der Waals surface area (Å²) in [5.74, 6) is 1.25. The average Bonchev–Trinajstić information content (AvgIpc) is 2.69. The van der Waals surface area contributed by atoms with Gasteiger partial charge in [-0.2, -0.15) is 0 Å². The second-order valence-corrected chi connectivity index (χ2v) is 4.82.